The average molecular weight is 353 g/mol. The van der Waals surface area contributed by atoms with Crippen LogP contribution in [0, 0.1) is 0 Å². The Hall–Kier alpha value is -2.27. The van der Waals surface area contributed by atoms with Gasteiger partial charge in [-0.1, -0.05) is 12.2 Å². The summed E-state index contributed by atoms with van der Waals surface area (Å²) in [6.45, 7) is 4.49. The first kappa shape index (κ1) is 17.2. The molecule has 4 rings (SSSR count). The lowest BCUT2D eigenvalue weighted by Crippen LogP contribution is -2.44. The number of carbonyl (C=O) groups is 1. The quantitative estimate of drug-likeness (QED) is 0.908. The monoisotopic (exact) mass is 353 g/mol. The van der Waals surface area contributed by atoms with Gasteiger partial charge in [0.05, 0.1) is 6.54 Å². The van der Waals surface area contributed by atoms with E-state index in [1.54, 1.807) is 6.07 Å². The molecule has 0 atom stereocenters. The first-order chi connectivity index (χ1) is 12.6. The molecule has 0 saturated carbocycles. The summed E-state index contributed by atoms with van der Waals surface area (Å²) in [5, 5.41) is 10.2. The van der Waals surface area contributed by atoms with Crippen LogP contribution in [0.5, 0.6) is 5.75 Å². The molecule has 1 N–H and O–H groups in total. The third-order valence-electron chi connectivity index (χ3n) is 5.60. The number of benzene rings is 1. The van der Waals surface area contributed by atoms with Crippen LogP contribution in [0.2, 0.25) is 0 Å². The molecule has 0 unspecified atom stereocenters. The molecule has 0 bridgehead atoms. The first-order valence-electron chi connectivity index (χ1n) is 9.56. The second-order valence-electron chi connectivity index (χ2n) is 7.52. The van der Waals surface area contributed by atoms with Crippen LogP contribution >= 0.6 is 0 Å². The van der Waals surface area contributed by atoms with E-state index >= 15 is 0 Å². The number of likely N-dealkylation sites (N-methyl/N-ethyl adjacent to an activating group) is 1. The number of aromatic hydroxyl groups is 1. The lowest BCUT2D eigenvalue weighted by molar-refractivity contribution is -0.130. The zero-order valence-corrected chi connectivity index (χ0v) is 15.4. The van der Waals surface area contributed by atoms with E-state index in [4.69, 9.17) is 0 Å². The highest BCUT2D eigenvalue weighted by molar-refractivity contribution is 5.81. The summed E-state index contributed by atoms with van der Waals surface area (Å²) >= 11 is 0. The number of piperidine rings is 1. The van der Waals surface area contributed by atoms with Gasteiger partial charge in [0.2, 0.25) is 5.91 Å². The molecular formula is C21H27N3O2. The fourth-order valence-electron chi connectivity index (χ4n) is 4.09. The third kappa shape index (κ3) is 3.49. The largest absolute Gasteiger partial charge is 0.508 e. The topological polar surface area (TPSA) is 47.0 Å². The molecule has 1 aromatic carbocycles. The van der Waals surface area contributed by atoms with Crippen LogP contribution < -0.4 is 4.90 Å². The molecule has 0 radical (unpaired) electrons. The van der Waals surface area contributed by atoms with Crippen LogP contribution in [0.15, 0.2) is 41.6 Å². The Kier molecular flexibility index (Phi) is 4.72. The van der Waals surface area contributed by atoms with Gasteiger partial charge in [-0.05, 0) is 49.6 Å². The number of hydrogen-bond acceptors (Lipinski definition) is 4. The molecule has 138 valence electrons. The van der Waals surface area contributed by atoms with E-state index in [9.17, 15) is 9.90 Å². The number of fused-ring (bicyclic) bond motifs is 1. The van der Waals surface area contributed by atoms with Gasteiger partial charge in [-0.25, -0.2) is 0 Å². The minimum absolute atomic E-state index is 0.180. The molecule has 2 heterocycles. The predicted molar refractivity (Wildman–Crippen MR) is 103 cm³/mol. The van der Waals surface area contributed by atoms with E-state index in [0.29, 0.717) is 13.0 Å². The maximum absolute atomic E-state index is 12.5. The number of anilines is 1. The fourth-order valence-corrected chi connectivity index (χ4v) is 4.09. The van der Waals surface area contributed by atoms with Crippen molar-refractivity contribution < 1.29 is 9.90 Å². The molecule has 26 heavy (non-hydrogen) atoms. The first-order valence-corrected chi connectivity index (χ1v) is 9.56. The maximum atomic E-state index is 12.5. The van der Waals surface area contributed by atoms with Crippen molar-refractivity contribution in [2.45, 2.75) is 32.2 Å². The Balaban J connectivity index is 1.57. The summed E-state index contributed by atoms with van der Waals surface area (Å²) in [5.41, 5.74) is 4.42. The number of carbonyl (C=O) groups excluding carboxylic acids is 1. The van der Waals surface area contributed by atoms with Crippen molar-refractivity contribution in [3.8, 4) is 5.75 Å². The number of nitrogens with zero attached hydrogens (tertiary/aromatic N) is 3. The number of phenols is 1. The van der Waals surface area contributed by atoms with E-state index < -0.39 is 0 Å². The van der Waals surface area contributed by atoms with Crippen LogP contribution in [0.3, 0.4) is 0 Å². The van der Waals surface area contributed by atoms with E-state index in [0.717, 1.165) is 62.4 Å². The zero-order valence-electron chi connectivity index (χ0n) is 15.4. The molecule has 0 aromatic heterocycles. The van der Waals surface area contributed by atoms with E-state index in [2.05, 4.69) is 35.1 Å². The number of piperazine rings is 1. The summed E-state index contributed by atoms with van der Waals surface area (Å²) in [4.78, 5) is 19.1. The Bertz CT molecular complexity index is 761. The molecule has 5 heteroatoms. The molecule has 1 amide bonds. The van der Waals surface area contributed by atoms with E-state index in [1.807, 2.05) is 11.0 Å². The number of phenolic OH excluding ortho intramolecular Hbond substituents is 1. The van der Waals surface area contributed by atoms with Gasteiger partial charge in [-0.15, -0.1) is 0 Å². The van der Waals surface area contributed by atoms with E-state index in [-0.39, 0.29) is 11.7 Å². The van der Waals surface area contributed by atoms with E-state index in [1.165, 1.54) is 5.57 Å². The molecule has 1 aliphatic carbocycles. The maximum Gasteiger partial charge on any atom is 0.227 e. The van der Waals surface area contributed by atoms with Gasteiger partial charge < -0.3 is 19.8 Å². The lowest BCUT2D eigenvalue weighted by Gasteiger charge is -2.35. The molecular weight excluding hydrogens is 326 g/mol. The Labute approximate surface area is 155 Å². The molecule has 2 fully saturated rings. The highest BCUT2D eigenvalue weighted by Gasteiger charge is 2.28. The molecule has 1 aromatic rings. The van der Waals surface area contributed by atoms with Crippen LogP contribution in [0.25, 0.3) is 0 Å². The van der Waals surface area contributed by atoms with Crippen molar-refractivity contribution >= 4 is 11.6 Å². The van der Waals surface area contributed by atoms with Crippen molar-refractivity contribution in [3.63, 3.8) is 0 Å². The lowest BCUT2D eigenvalue weighted by atomic mass is 9.93. The van der Waals surface area contributed by atoms with Crippen molar-refractivity contribution in [2.24, 2.45) is 0 Å². The molecule has 5 nitrogen and oxygen atoms in total. The van der Waals surface area contributed by atoms with Crippen LogP contribution in [0.1, 0.15) is 31.2 Å². The fraction of sp³-hybridized carbons (Fsp3) is 0.476. The zero-order chi connectivity index (χ0) is 18.1. The molecule has 0 spiro atoms. The van der Waals surface area contributed by atoms with Crippen molar-refractivity contribution in [1.29, 1.82) is 0 Å². The third-order valence-corrected chi connectivity index (χ3v) is 5.60. The van der Waals surface area contributed by atoms with Gasteiger partial charge in [0.25, 0.3) is 0 Å². The van der Waals surface area contributed by atoms with Gasteiger partial charge >= 0.3 is 0 Å². The standard InChI is InChI=1S/C21H27N3O2/c1-22-8-10-23(11-9-22)18-12-16(13-19(25)14-18)15-24-20-5-3-2-4-17(20)6-7-21(24)26/h4-5,12-14,25H,2-3,6-11,15H2,1H3. The number of amides is 1. The minimum Gasteiger partial charge on any atom is -0.508 e. The summed E-state index contributed by atoms with van der Waals surface area (Å²) in [5.74, 6) is 0.453. The number of hydrogen-bond donors (Lipinski definition) is 1. The van der Waals surface area contributed by atoms with Gasteiger partial charge in [-0.3, -0.25) is 4.79 Å². The number of rotatable bonds is 3. The summed E-state index contributed by atoms with van der Waals surface area (Å²) in [6.07, 6.45) is 7.96. The second-order valence-corrected chi connectivity index (χ2v) is 7.52. The van der Waals surface area contributed by atoms with Crippen LogP contribution in [-0.2, 0) is 11.3 Å². The summed E-state index contributed by atoms with van der Waals surface area (Å²) in [6, 6.07) is 5.74. The van der Waals surface area contributed by atoms with Gasteiger partial charge in [-0.2, -0.15) is 0 Å². The predicted octanol–water partition coefficient (Wildman–Crippen LogP) is 2.87. The Morgan fingerprint density at radius 2 is 1.77 bits per heavy atom. The highest BCUT2D eigenvalue weighted by Crippen LogP contribution is 2.33. The van der Waals surface area contributed by atoms with Crippen molar-refractivity contribution in [3.05, 3.63) is 47.2 Å². The van der Waals surface area contributed by atoms with Crippen molar-refractivity contribution in [2.75, 3.05) is 38.1 Å². The Morgan fingerprint density at radius 1 is 1.00 bits per heavy atom. The second kappa shape index (κ2) is 7.16. The van der Waals surface area contributed by atoms with Crippen LogP contribution in [-0.4, -0.2) is 54.0 Å². The van der Waals surface area contributed by atoms with Gasteiger partial charge in [0.15, 0.2) is 0 Å². The molecule has 2 aliphatic heterocycles. The molecule has 3 aliphatic rings. The minimum atomic E-state index is 0.180. The van der Waals surface area contributed by atoms with Crippen molar-refractivity contribution in [1.82, 2.24) is 9.80 Å². The van der Waals surface area contributed by atoms with Gasteiger partial charge in [0, 0.05) is 50.1 Å². The number of allylic oxidation sites excluding steroid dienone is 3. The summed E-state index contributed by atoms with van der Waals surface area (Å²) < 4.78 is 0. The summed E-state index contributed by atoms with van der Waals surface area (Å²) in [7, 11) is 2.14. The highest BCUT2D eigenvalue weighted by atomic mass is 16.3. The number of likely N-dealkylation sites (tertiary alicyclic amines) is 1. The average Bonchev–Trinajstić information content (AvgIpc) is 2.64. The Morgan fingerprint density at radius 3 is 2.58 bits per heavy atom. The normalized spacial score (nSPS) is 21.3. The molecule has 2 saturated heterocycles. The van der Waals surface area contributed by atoms with Crippen LogP contribution in [0.4, 0.5) is 5.69 Å². The SMILES string of the molecule is CN1CCN(c2cc(O)cc(CN3C(=O)CCC4=CCCC=C43)c2)CC1. The van der Waals surface area contributed by atoms with Gasteiger partial charge in [0.1, 0.15) is 5.75 Å². The smallest absolute Gasteiger partial charge is 0.227 e.